The maximum atomic E-state index is 11.8. The zero-order valence-corrected chi connectivity index (χ0v) is 8.95. The minimum atomic E-state index is -0.558. The Labute approximate surface area is 85.0 Å². The Kier molecular flexibility index (Phi) is 3.29. The van der Waals surface area contributed by atoms with E-state index in [0.717, 1.165) is 18.5 Å². The second kappa shape index (κ2) is 4.28. The summed E-state index contributed by atoms with van der Waals surface area (Å²) in [5.74, 6) is -0.598. The monoisotopic (exact) mass is 192 g/mol. The van der Waals surface area contributed by atoms with Crippen LogP contribution in [-0.2, 0) is 4.79 Å². The molecule has 0 radical (unpaired) electrons. The van der Waals surface area contributed by atoms with Crippen LogP contribution in [0.2, 0.25) is 0 Å². The zero-order valence-electron chi connectivity index (χ0n) is 8.95. The summed E-state index contributed by atoms with van der Waals surface area (Å²) in [6.07, 6.45) is 2.94. The molecule has 14 heavy (non-hydrogen) atoms. The van der Waals surface area contributed by atoms with E-state index in [-0.39, 0.29) is 11.9 Å². The summed E-state index contributed by atoms with van der Waals surface area (Å²) in [5, 5.41) is 8.87. The molecule has 0 aromatic carbocycles. The number of rotatable bonds is 2. The standard InChI is InChI=1S/C11H16N2O/c1-4-5-13-9(3)6-8(2)10(7-12)11(13)14/h6,9-10H,4-5H2,1-3H3. The molecule has 1 rings (SSSR count). The van der Waals surface area contributed by atoms with Gasteiger partial charge in [0, 0.05) is 12.6 Å². The van der Waals surface area contributed by atoms with Gasteiger partial charge in [0.2, 0.25) is 5.91 Å². The highest BCUT2D eigenvalue weighted by atomic mass is 16.2. The zero-order chi connectivity index (χ0) is 10.7. The number of amides is 1. The van der Waals surface area contributed by atoms with E-state index in [9.17, 15) is 4.79 Å². The Morgan fingerprint density at radius 3 is 2.79 bits per heavy atom. The lowest BCUT2D eigenvalue weighted by molar-refractivity contribution is -0.134. The first-order valence-corrected chi connectivity index (χ1v) is 5.00. The van der Waals surface area contributed by atoms with Crippen LogP contribution in [0.5, 0.6) is 0 Å². The molecular weight excluding hydrogens is 176 g/mol. The van der Waals surface area contributed by atoms with E-state index in [1.807, 2.05) is 26.8 Å². The Morgan fingerprint density at radius 1 is 1.64 bits per heavy atom. The molecule has 2 unspecified atom stereocenters. The molecule has 1 amide bonds. The van der Waals surface area contributed by atoms with Crippen molar-refractivity contribution in [3.05, 3.63) is 11.6 Å². The predicted octanol–water partition coefficient (Wildman–Crippen LogP) is 1.71. The third-order valence-corrected chi connectivity index (χ3v) is 2.57. The van der Waals surface area contributed by atoms with Gasteiger partial charge in [-0.2, -0.15) is 5.26 Å². The molecule has 3 heteroatoms. The van der Waals surface area contributed by atoms with E-state index in [1.54, 1.807) is 4.90 Å². The van der Waals surface area contributed by atoms with E-state index >= 15 is 0 Å². The Balaban J connectivity index is 2.93. The molecule has 0 saturated heterocycles. The molecule has 0 aromatic heterocycles. The second-order valence-electron chi connectivity index (χ2n) is 3.75. The highest BCUT2D eigenvalue weighted by Gasteiger charge is 2.31. The van der Waals surface area contributed by atoms with Crippen molar-refractivity contribution in [3.8, 4) is 6.07 Å². The molecule has 1 heterocycles. The largest absolute Gasteiger partial charge is 0.335 e. The summed E-state index contributed by atoms with van der Waals surface area (Å²) >= 11 is 0. The van der Waals surface area contributed by atoms with Crippen LogP contribution >= 0.6 is 0 Å². The van der Waals surface area contributed by atoms with Gasteiger partial charge >= 0.3 is 0 Å². The number of nitriles is 1. The smallest absolute Gasteiger partial charge is 0.244 e. The lowest BCUT2D eigenvalue weighted by Crippen LogP contribution is -2.45. The quantitative estimate of drug-likeness (QED) is 0.625. The number of carbonyl (C=O) groups is 1. The van der Waals surface area contributed by atoms with Gasteiger partial charge in [0.1, 0.15) is 5.92 Å². The van der Waals surface area contributed by atoms with Gasteiger partial charge in [-0.3, -0.25) is 4.79 Å². The van der Waals surface area contributed by atoms with E-state index in [2.05, 4.69) is 6.07 Å². The average molecular weight is 192 g/mol. The highest BCUT2D eigenvalue weighted by Crippen LogP contribution is 2.22. The topological polar surface area (TPSA) is 44.1 Å². The van der Waals surface area contributed by atoms with E-state index < -0.39 is 5.92 Å². The second-order valence-corrected chi connectivity index (χ2v) is 3.75. The van der Waals surface area contributed by atoms with Crippen molar-refractivity contribution in [2.45, 2.75) is 33.2 Å². The summed E-state index contributed by atoms with van der Waals surface area (Å²) < 4.78 is 0. The van der Waals surface area contributed by atoms with Crippen molar-refractivity contribution in [1.82, 2.24) is 4.90 Å². The van der Waals surface area contributed by atoms with Gasteiger partial charge in [-0.1, -0.05) is 13.0 Å². The third kappa shape index (κ3) is 1.79. The number of carbonyl (C=O) groups excluding carboxylic acids is 1. The van der Waals surface area contributed by atoms with Crippen LogP contribution in [0.25, 0.3) is 0 Å². The summed E-state index contributed by atoms with van der Waals surface area (Å²) in [5.41, 5.74) is 0.886. The maximum absolute atomic E-state index is 11.8. The molecule has 1 aliphatic rings. The van der Waals surface area contributed by atoms with Gasteiger partial charge in [0.05, 0.1) is 6.07 Å². The molecule has 0 saturated carbocycles. The van der Waals surface area contributed by atoms with Crippen LogP contribution in [0.3, 0.4) is 0 Å². The first kappa shape index (κ1) is 10.8. The molecule has 0 fully saturated rings. The van der Waals surface area contributed by atoms with Crippen molar-refractivity contribution in [2.75, 3.05) is 6.54 Å². The first-order chi connectivity index (χ1) is 6.61. The van der Waals surface area contributed by atoms with Crippen LogP contribution < -0.4 is 0 Å². The van der Waals surface area contributed by atoms with Crippen molar-refractivity contribution in [1.29, 1.82) is 5.26 Å². The lowest BCUT2D eigenvalue weighted by Gasteiger charge is -2.33. The molecule has 1 aliphatic heterocycles. The fourth-order valence-corrected chi connectivity index (χ4v) is 1.84. The van der Waals surface area contributed by atoms with Gasteiger partial charge in [0.15, 0.2) is 0 Å². The fraction of sp³-hybridized carbons (Fsp3) is 0.636. The first-order valence-electron chi connectivity index (χ1n) is 5.00. The van der Waals surface area contributed by atoms with Crippen LogP contribution in [0.4, 0.5) is 0 Å². The molecule has 0 spiro atoms. The highest BCUT2D eigenvalue weighted by molar-refractivity contribution is 5.85. The summed E-state index contributed by atoms with van der Waals surface area (Å²) in [4.78, 5) is 13.6. The number of nitrogens with zero attached hydrogens (tertiary/aromatic N) is 2. The Hall–Kier alpha value is -1.30. The fourth-order valence-electron chi connectivity index (χ4n) is 1.84. The normalized spacial score (nSPS) is 27.1. The van der Waals surface area contributed by atoms with Crippen molar-refractivity contribution in [3.63, 3.8) is 0 Å². The van der Waals surface area contributed by atoms with Crippen molar-refractivity contribution >= 4 is 5.91 Å². The van der Waals surface area contributed by atoms with Crippen LogP contribution in [0.1, 0.15) is 27.2 Å². The molecule has 76 valence electrons. The molecule has 3 nitrogen and oxygen atoms in total. The molecule has 0 aliphatic carbocycles. The SMILES string of the molecule is CCCN1C(=O)C(C#N)C(C)=CC1C. The summed E-state index contributed by atoms with van der Waals surface area (Å²) in [6.45, 7) is 6.62. The average Bonchev–Trinajstić information content (AvgIpc) is 2.12. The van der Waals surface area contributed by atoms with Gasteiger partial charge in [-0.25, -0.2) is 0 Å². The number of hydrogen-bond donors (Lipinski definition) is 0. The van der Waals surface area contributed by atoms with Crippen molar-refractivity contribution < 1.29 is 4.79 Å². The Morgan fingerprint density at radius 2 is 2.29 bits per heavy atom. The van der Waals surface area contributed by atoms with Gasteiger partial charge < -0.3 is 4.90 Å². The minimum absolute atomic E-state index is 0.0400. The Bertz CT molecular complexity index is 301. The summed E-state index contributed by atoms with van der Waals surface area (Å²) in [7, 11) is 0. The molecule has 2 atom stereocenters. The van der Waals surface area contributed by atoms with E-state index in [1.165, 1.54) is 0 Å². The van der Waals surface area contributed by atoms with Gasteiger partial charge in [0.25, 0.3) is 0 Å². The van der Waals surface area contributed by atoms with Crippen LogP contribution in [0, 0.1) is 17.2 Å². The molecular formula is C11H16N2O. The molecule has 0 bridgehead atoms. The predicted molar refractivity (Wildman–Crippen MR) is 54.3 cm³/mol. The van der Waals surface area contributed by atoms with Crippen molar-refractivity contribution in [2.24, 2.45) is 5.92 Å². The minimum Gasteiger partial charge on any atom is -0.335 e. The number of hydrogen-bond acceptors (Lipinski definition) is 2. The lowest BCUT2D eigenvalue weighted by atomic mass is 9.93. The van der Waals surface area contributed by atoms with Crippen LogP contribution in [0.15, 0.2) is 11.6 Å². The third-order valence-electron chi connectivity index (χ3n) is 2.57. The van der Waals surface area contributed by atoms with Crippen LogP contribution in [-0.4, -0.2) is 23.4 Å². The summed E-state index contributed by atoms with van der Waals surface area (Å²) in [6, 6.07) is 2.18. The molecule has 0 aromatic rings. The van der Waals surface area contributed by atoms with E-state index in [0.29, 0.717) is 0 Å². The van der Waals surface area contributed by atoms with Gasteiger partial charge in [-0.05, 0) is 25.8 Å². The van der Waals surface area contributed by atoms with E-state index in [4.69, 9.17) is 5.26 Å². The van der Waals surface area contributed by atoms with Gasteiger partial charge in [-0.15, -0.1) is 0 Å². The molecule has 0 N–H and O–H groups in total. The maximum Gasteiger partial charge on any atom is 0.244 e.